The van der Waals surface area contributed by atoms with E-state index in [0.29, 0.717) is 6.42 Å². The van der Waals surface area contributed by atoms with Crippen LogP contribution < -0.4 is 0 Å². The first-order valence-corrected chi connectivity index (χ1v) is 8.08. The van der Waals surface area contributed by atoms with Gasteiger partial charge >= 0.3 is 0 Å². The molecular formula is C20H28O. The number of allylic oxidation sites excluding steroid dienone is 1. The summed E-state index contributed by atoms with van der Waals surface area (Å²) >= 11 is 0. The van der Waals surface area contributed by atoms with E-state index in [1.165, 1.54) is 24.0 Å². The SMILES string of the molecule is CCCCCC#CC(O)C/C(C)=C/CCc1ccccc1. The van der Waals surface area contributed by atoms with E-state index in [-0.39, 0.29) is 0 Å². The monoisotopic (exact) mass is 284 g/mol. The molecule has 0 aliphatic rings. The van der Waals surface area contributed by atoms with Crippen molar-refractivity contribution in [2.24, 2.45) is 0 Å². The second-order valence-corrected chi connectivity index (χ2v) is 5.57. The lowest BCUT2D eigenvalue weighted by molar-refractivity contribution is 0.233. The van der Waals surface area contributed by atoms with Gasteiger partial charge in [0.25, 0.3) is 0 Å². The van der Waals surface area contributed by atoms with E-state index in [4.69, 9.17) is 0 Å². The third-order valence-corrected chi connectivity index (χ3v) is 3.46. The van der Waals surface area contributed by atoms with Gasteiger partial charge in [-0.3, -0.25) is 0 Å². The standard InChI is InChI=1S/C20H28O/c1-3-4-5-6-10-16-20(21)17-18(2)12-11-15-19-13-8-7-9-14-19/h7-9,12-14,20-21H,3-6,11,15,17H2,1-2H3/b18-12+. The van der Waals surface area contributed by atoms with Gasteiger partial charge in [-0.2, -0.15) is 0 Å². The normalized spacial score (nSPS) is 12.6. The van der Waals surface area contributed by atoms with Crippen molar-refractivity contribution in [1.82, 2.24) is 0 Å². The second-order valence-electron chi connectivity index (χ2n) is 5.57. The van der Waals surface area contributed by atoms with E-state index in [9.17, 15) is 5.11 Å². The van der Waals surface area contributed by atoms with Crippen LogP contribution in [0.25, 0.3) is 0 Å². The molecule has 21 heavy (non-hydrogen) atoms. The number of hydrogen-bond donors (Lipinski definition) is 1. The Hall–Kier alpha value is -1.52. The molecule has 1 rings (SSSR count). The zero-order valence-corrected chi connectivity index (χ0v) is 13.4. The molecule has 0 aliphatic carbocycles. The van der Waals surface area contributed by atoms with Gasteiger partial charge in [0.2, 0.25) is 0 Å². The average Bonchev–Trinajstić information content (AvgIpc) is 2.48. The fraction of sp³-hybridized carbons (Fsp3) is 0.500. The molecule has 0 bridgehead atoms. The molecule has 1 atom stereocenters. The minimum absolute atomic E-state index is 0.514. The molecule has 0 saturated carbocycles. The molecular weight excluding hydrogens is 256 g/mol. The van der Waals surface area contributed by atoms with Crippen molar-refractivity contribution in [3.63, 3.8) is 0 Å². The third-order valence-electron chi connectivity index (χ3n) is 3.46. The fourth-order valence-corrected chi connectivity index (χ4v) is 2.22. The lowest BCUT2D eigenvalue weighted by atomic mass is 10.1. The van der Waals surface area contributed by atoms with Gasteiger partial charge in [0.05, 0.1) is 0 Å². The number of hydrogen-bond acceptors (Lipinski definition) is 1. The maximum absolute atomic E-state index is 9.88. The van der Waals surface area contributed by atoms with E-state index in [1.54, 1.807) is 0 Å². The molecule has 1 aromatic rings. The summed E-state index contributed by atoms with van der Waals surface area (Å²) in [4.78, 5) is 0. The van der Waals surface area contributed by atoms with Crippen molar-refractivity contribution in [2.75, 3.05) is 0 Å². The molecule has 1 unspecified atom stereocenters. The van der Waals surface area contributed by atoms with Gasteiger partial charge in [-0.1, -0.05) is 67.7 Å². The molecule has 1 N–H and O–H groups in total. The van der Waals surface area contributed by atoms with Crippen molar-refractivity contribution >= 4 is 0 Å². The summed E-state index contributed by atoms with van der Waals surface area (Å²) in [7, 11) is 0. The summed E-state index contributed by atoms with van der Waals surface area (Å²) in [5, 5.41) is 9.88. The van der Waals surface area contributed by atoms with Crippen LogP contribution in [0, 0.1) is 11.8 Å². The van der Waals surface area contributed by atoms with Gasteiger partial charge < -0.3 is 5.11 Å². The molecule has 0 saturated heterocycles. The molecule has 0 radical (unpaired) electrons. The van der Waals surface area contributed by atoms with Crippen LogP contribution in [0.1, 0.15) is 57.9 Å². The number of benzene rings is 1. The van der Waals surface area contributed by atoms with Crippen LogP contribution in [0.3, 0.4) is 0 Å². The number of unbranched alkanes of at least 4 members (excludes halogenated alkanes) is 3. The lowest BCUT2D eigenvalue weighted by Gasteiger charge is -2.04. The van der Waals surface area contributed by atoms with Crippen LogP contribution in [0.4, 0.5) is 0 Å². The largest absolute Gasteiger partial charge is 0.380 e. The van der Waals surface area contributed by atoms with Crippen molar-refractivity contribution in [3.8, 4) is 11.8 Å². The first kappa shape index (κ1) is 17.5. The van der Waals surface area contributed by atoms with Crippen molar-refractivity contribution in [1.29, 1.82) is 0 Å². The van der Waals surface area contributed by atoms with Crippen LogP contribution in [0.2, 0.25) is 0 Å². The third kappa shape index (κ3) is 9.10. The summed E-state index contributed by atoms with van der Waals surface area (Å²) in [6, 6.07) is 10.5. The molecule has 114 valence electrons. The highest BCUT2D eigenvalue weighted by Crippen LogP contribution is 2.09. The summed E-state index contributed by atoms with van der Waals surface area (Å²) in [5.41, 5.74) is 2.58. The topological polar surface area (TPSA) is 20.2 Å². The molecule has 0 fully saturated rings. The highest BCUT2D eigenvalue weighted by molar-refractivity contribution is 5.16. The smallest absolute Gasteiger partial charge is 0.118 e. The quantitative estimate of drug-likeness (QED) is 0.409. The van der Waals surface area contributed by atoms with E-state index < -0.39 is 6.10 Å². The predicted octanol–water partition coefficient (Wildman–Crippen LogP) is 4.90. The van der Waals surface area contributed by atoms with Gasteiger partial charge in [0, 0.05) is 12.8 Å². The zero-order chi connectivity index (χ0) is 15.3. The summed E-state index contributed by atoms with van der Waals surface area (Å²) in [6.07, 6.45) is 8.92. The lowest BCUT2D eigenvalue weighted by Crippen LogP contribution is -2.03. The Kier molecular flexibility index (Phi) is 9.33. The minimum atomic E-state index is -0.514. The Labute approximate surface area is 130 Å². The second kappa shape index (κ2) is 11.2. The Morgan fingerprint density at radius 1 is 1.24 bits per heavy atom. The molecule has 0 amide bonds. The van der Waals surface area contributed by atoms with E-state index in [1.807, 2.05) is 6.07 Å². The maximum atomic E-state index is 9.88. The first-order chi connectivity index (χ1) is 10.2. The first-order valence-electron chi connectivity index (χ1n) is 8.08. The fourth-order valence-electron chi connectivity index (χ4n) is 2.22. The van der Waals surface area contributed by atoms with Gasteiger partial charge in [0.15, 0.2) is 0 Å². The van der Waals surface area contributed by atoms with Gasteiger partial charge in [0.1, 0.15) is 6.10 Å². The molecule has 1 heteroatoms. The Balaban J connectivity index is 2.24. The van der Waals surface area contributed by atoms with Gasteiger partial charge in [-0.25, -0.2) is 0 Å². The summed E-state index contributed by atoms with van der Waals surface area (Å²) in [5.74, 6) is 6.03. The van der Waals surface area contributed by atoms with Gasteiger partial charge in [-0.05, 0) is 31.7 Å². The molecule has 0 spiro atoms. The van der Waals surface area contributed by atoms with E-state index in [2.05, 4.69) is 56.0 Å². The highest BCUT2D eigenvalue weighted by atomic mass is 16.3. The Bertz CT molecular complexity index is 462. The Morgan fingerprint density at radius 2 is 2.00 bits per heavy atom. The molecule has 1 nitrogen and oxygen atoms in total. The van der Waals surface area contributed by atoms with Gasteiger partial charge in [-0.15, -0.1) is 5.92 Å². The molecule has 0 heterocycles. The van der Waals surface area contributed by atoms with Crippen molar-refractivity contribution in [3.05, 3.63) is 47.5 Å². The predicted molar refractivity (Wildman–Crippen MR) is 91.1 cm³/mol. The van der Waals surface area contributed by atoms with Crippen LogP contribution in [-0.2, 0) is 6.42 Å². The molecule has 1 aromatic carbocycles. The molecule has 0 aromatic heterocycles. The van der Waals surface area contributed by atoms with E-state index >= 15 is 0 Å². The number of aliphatic hydroxyl groups is 1. The maximum Gasteiger partial charge on any atom is 0.118 e. The van der Waals surface area contributed by atoms with Crippen LogP contribution in [-0.4, -0.2) is 11.2 Å². The van der Waals surface area contributed by atoms with Crippen molar-refractivity contribution in [2.45, 2.75) is 64.9 Å². The number of aryl methyl sites for hydroxylation is 1. The Morgan fingerprint density at radius 3 is 2.71 bits per heavy atom. The van der Waals surface area contributed by atoms with Crippen molar-refractivity contribution < 1.29 is 5.11 Å². The zero-order valence-electron chi connectivity index (χ0n) is 13.4. The molecule has 0 aliphatic heterocycles. The van der Waals surface area contributed by atoms with Crippen LogP contribution in [0.15, 0.2) is 42.0 Å². The minimum Gasteiger partial charge on any atom is -0.380 e. The highest BCUT2D eigenvalue weighted by Gasteiger charge is 2.00. The van der Waals surface area contributed by atoms with E-state index in [0.717, 1.165) is 25.7 Å². The average molecular weight is 284 g/mol. The summed E-state index contributed by atoms with van der Waals surface area (Å²) in [6.45, 7) is 4.26. The number of aliphatic hydroxyl groups excluding tert-OH is 1. The van der Waals surface area contributed by atoms with Crippen LogP contribution in [0.5, 0.6) is 0 Å². The number of rotatable bonds is 8. The summed E-state index contributed by atoms with van der Waals surface area (Å²) < 4.78 is 0. The van der Waals surface area contributed by atoms with Crippen LogP contribution >= 0.6 is 0 Å².